The summed E-state index contributed by atoms with van der Waals surface area (Å²) in [5, 5.41) is 5.11. The zero-order valence-electron chi connectivity index (χ0n) is 11.3. The predicted octanol–water partition coefficient (Wildman–Crippen LogP) is 4.46. The Morgan fingerprint density at radius 3 is 2.95 bits per heavy atom. The van der Waals surface area contributed by atoms with Crippen molar-refractivity contribution in [2.24, 2.45) is 5.92 Å². The van der Waals surface area contributed by atoms with Crippen LogP contribution in [0.25, 0.3) is 0 Å². The van der Waals surface area contributed by atoms with Crippen LogP contribution >= 0.6 is 23.2 Å². The zero-order chi connectivity index (χ0) is 13.7. The number of benzene rings is 1. The van der Waals surface area contributed by atoms with Gasteiger partial charge in [-0.15, -0.1) is 0 Å². The summed E-state index contributed by atoms with van der Waals surface area (Å²) in [6, 6.07) is 5.96. The molecule has 1 saturated heterocycles. The summed E-state index contributed by atoms with van der Waals surface area (Å²) in [5.41, 5.74) is 1.11. The fourth-order valence-corrected chi connectivity index (χ4v) is 2.95. The highest BCUT2D eigenvalue weighted by atomic mass is 35.5. The predicted molar refractivity (Wildman–Crippen MR) is 81.0 cm³/mol. The van der Waals surface area contributed by atoms with E-state index in [2.05, 4.69) is 12.2 Å². The van der Waals surface area contributed by atoms with Gasteiger partial charge in [0.25, 0.3) is 0 Å². The number of hydrogen-bond donors (Lipinski definition) is 1. The van der Waals surface area contributed by atoms with Crippen molar-refractivity contribution < 1.29 is 4.74 Å². The first-order valence-corrected chi connectivity index (χ1v) is 7.72. The van der Waals surface area contributed by atoms with E-state index in [4.69, 9.17) is 27.9 Å². The van der Waals surface area contributed by atoms with Crippen molar-refractivity contribution in [2.45, 2.75) is 32.2 Å². The van der Waals surface area contributed by atoms with Crippen LogP contribution in [0.3, 0.4) is 0 Å². The van der Waals surface area contributed by atoms with Crippen molar-refractivity contribution in [1.29, 1.82) is 0 Å². The van der Waals surface area contributed by atoms with Crippen LogP contribution in [0.15, 0.2) is 18.2 Å². The minimum Gasteiger partial charge on any atom is -0.381 e. The molecule has 106 valence electrons. The summed E-state index contributed by atoms with van der Waals surface area (Å²) in [5.74, 6) is 0.615. The SMILES string of the molecule is CCCNC(CC1CCOC1)c1cc(Cl)ccc1Cl. The van der Waals surface area contributed by atoms with Crippen LogP contribution < -0.4 is 5.32 Å². The normalized spacial score (nSPS) is 20.7. The van der Waals surface area contributed by atoms with Crippen LogP contribution in [-0.4, -0.2) is 19.8 Å². The van der Waals surface area contributed by atoms with Gasteiger partial charge in [0.15, 0.2) is 0 Å². The van der Waals surface area contributed by atoms with Crippen molar-refractivity contribution in [3.63, 3.8) is 0 Å². The molecule has 1 heterocycles. The van der Waals surface area contributed by atoms with E-state index in [1.54, 1.807) is 0 Å². The summed E-state index contributed by atoms with van der Waals surface area (Å²) < 4.78 is 5.47. The zero-order valence-corrected chi connectivity index (χ0v) is 12.8. The third-order valence-electron chi connectivity index (χ3n) is 3.57. The third-order valence-corrected chi connectivity index (χ3v) is 4.15. The van der Waals surface area contributed by atoms with Gasteiger partial charge in [0.1, 0.15) is 0 Å². The van der Waals surface area contributed by atoms with Crippen molar-refractivity contribution in [3.05, 3.63) is 33.8 Å². The maximum absolute atomic E-state index is 6.33. The first kappa shape index (κ1) is 15.1. The summed E-state index contributed by atoms with van der Waals surface area (Å²) in [4.78, 5) is 0. The van der Waals surface area contributed by atoms with Crippen LogP contribution in [0.4, 0.5) is 0 Å². The molecule has 2 nitrogen and oxygen atoms in total. The molecule has 0 amide bonds. The average molecular weight is 302 g/mol. The lowest BCUT2D eigenvalue weighted by atomic mass is 9.94. The summed E-state index contributed by atoms with van der Waals surface area (Å²) in [6.07, 6.45) is 3.30. The fraction of sp³-hybridized carbons (Fsp3) is 0.600. The van der Waals surface area contributed by atoms with E-state index < -0.39 is 0 Å². The molecule has 0 radical (unpaired) electrons. The molecule has 0 aromatic heterocycles. The van der Waals surface area contributed by atoms with E-state index >= 15 is 0 Å². The largest absolute Gasteiger partial charge is 0.381 e. The molecule has 0 saturated carbocycles. The number of nitrogens with one attached hydrogen (secondary N) is 1. The van der Waals surface area contributed by atoms with Gasteiger partial charge in [-0.1, -0.05) is 30.1 Å². The molecule has 0 spiro atoms. The van der Waals surface area contributed by atoms with E-state index in [-0.39, 0.29) is 6.04 Å². The summed E-state index contributed by atoms with van der Waals surface area (Å²) in [7, 11) is 0. The Balaban J connectivity index is 2.12. The highest BCUT2D eigenvalue weighted by Crippen LogP contribution is 2.32. The Morgan fingerprint density at radius 2 is 2.26 bits per heavy atom. The number of rotatable bonds is 6. The van der Waals surface area contributed by atoms with Crippen LogP contribution in [0, 0.1) is 5.92 Å². The molecule has 4 heteroatoms. The average Bonchev–Trinajstić information content (AvgIpc) is 2.90. The molecule has 0 aliphatic carbocycles. The van der Waals surface area contributed by atoms with E-state index in [0.29, 0.717) is 5.92 Å². The number of ether oxygens (including phenoxy) is 1. The second-order valence-corrected chi connectivity index (χ2v) is 5.98. The summed E-state index contributed by atoms with van der Waals surface area (Å²) >= 11 is 12.4. The van der Waals surface area contributed by atoms with Crippen molar-refractivity contribution in [1.82, 2.24) is 5.32 Å². The lowest BCUT2D eigenvalue weighted by Crippen LogP contribution is -2.25. The Morgan fingerprint density at radius 1 is 1.42 bits per heavy atom. The van der Waals surface area contributed by atoms with Crippen LogP contribution in [0.2, 0.25) is 10.0 Å². The van der Waals surface area contributed by atoms with Crippen LogP contribution in [0.5, 0.6) is 0 Å². The quantitative estimate of drug-likeness (QED) is 0.837. The van der Waals surface area contributed by atoms with Crippen LogP contribution in [-0.2, 0) is 4.74 Å². The van der Waals surface area contributed by atoms with Gasteiger partial charge in [-0.05, 0) is 55.5 Å². The van der Waals surface area contributed by atoms with Crippen molar-refractivity contribution in [2.75, 3.05) is 19.8 Å². The molecule has 1 aliphatic heterocycles. The van der Waals surface area contributed by atoms with Gasteiger partial charge in [0.2, 0.25) is 0 Å². The fourth-order valence-electron chi connectivity index (χ4n) is 2.52. The molecule has 1 aromatic carbocycles. The highest BCUT2D eigenvalue weighted by molar-refractivity contribution is 6.33. The first-order valence-electron chi connectivity index (χ1n) is 6.96. The monoisotopic (exact) mass is 301 g/mol. The topological polar surface area (TPSA) is 21.3 Å². The Labute approximate surface area is 125 Å². The molecule has 1 aromatic rings. The van der Waals surface area contributed by atoms with Gasteiger partial charge in [-0.2, -0.15) is 0 Å². The van der Waals surface area contributed by atoms with Gasteiger partial charge in [-0.25, -0.2) is 0 Å². The first-order chi connectivity index (χ1) is 9.20. The Kier molecular flexibility index (Phi) is 5.96. The number of hydrogen-bond acceptors (Lipinski definition) is 2. The summed E-state index contributed by atoms with van der Waals surface area (Å²) in [6.45, 7) is 4.90. The second kappa shape index (κ2) is 7.49. The maximum atomic E-state index is 6.33. The minimum absolute atomic E-state index is 0.262. The van der Waals surface area contributed by atoms with Gasteiger partial charge in [0, 0.05) is 29.3 Å². The van der Waals surface area contributed by atoms with E-state index in [0.717, 1.165) is 54.6 Å². The second-order valence-electron chi connectivity index (χ2n) is 5.14. The minimum atomic E-state index is 0.262. The number of halogens is 2. The molecule has 2 unspecified atom stereocenters. The standard InChI is InChI=1S/C15H21Cl2NO/c1-2-6-18-15(8-11-5-7-19-10-11)13-9-12(16)3-4-14(13)17/h3-4,9,11,15,18H,2,5-8,10H2,1H3. The maximum Gasteiger partial charge on any atom is 0.0495 e. The molecular weight excluding hydrogens is 281 g/mol. The Hall–Kier alpha value is -0.280. The molecule has 0 bridgehead atoms. The van der Waals surface area contributed by atoms with Gasteiger partial charge < -0.3 is 10.1 Å². The van der Waals surface area contributed by atoms with Gasteiger partial charge >= 0.3 is 0 Å². The smallest absolute Gasteiger partial charge is 0.0495 e. The molecule has 1 N–H and O–H groups in total. The third kappa shape index (κ3) is 4.35. The Bertz CT molecular complexity index is 405. The van der Waals surface area contributed by atoms with E-state index in [9.17, 15) is 0 Å². The molecule has 1 fully saturated rings. The van der Waals surface area contributed by atoms with Gasteiger partial charge in [0.05, 0.1) is 0 Å². The van der Waals surface area contributed by atoms with E-state index in [1.165, 1.54) is 0 Å². The van der Waals surface area contributed by atoms with Crippen molar-refractivity contribution >= 4 is 23.2 Å². The van der Waals surface area contributed by atoms with Gasteiger partial charge in [-0.3, -0.25) is 0 Å². The molecular formula is C15H21Cl2NO. The lowest BCUT2D eigenvalue weighted by molar-refractivity contribution is 0.181. The van der Waals surface area contributed by atoms with Crippen molar-refractivity contribution in [3.8, 4) is 0 Å². The lowest BCUT2D eigenvalue weighted by Gasteiger charge is -2.23. The molecule has 2 atom stereocenters. The van der Waals surface area contributed by atoms with Crippen LogP contribution in [0.1, 0.15) is 37.8 Å². The molecule has 1 aliphatic rings. The highest BCUT2D eigenvalue weighted by Gasteiger charge is 2.23. The molecule has 19 heavy (non-hydrogen) atoms. The molecule has 2 rings (SSSR count). The van der Waals surface area contributed by atoms with E-state index in [1.807, 2.05) is 18.2 Å².